The SMILES string of the molecule is Cc1cc([C@H](C)O)ccc1OC(C)C(=O)O. The zero-order valence-electron chi connectivity index (χ0n) is 9.60. The van der Waals surface area contributed by atoms with E-state index in [1.807, 2.05) is 6.92 Å². The van der Waals surface area contributed by atoms with Gasteiger partial charge in [-0.25, -0.2) is 4.79 Å². The van der Waals surface area contributed by atoms with Crippen molar-refractivity contribution in [3.05, 3.63) is 29.3 Å². The van der Waals surface area contributed by atoms with Gasteiger partial charge in [-0.3, -0.25) is 0 Å². The molecule has 0 radical (unpaired) electrons. The Morgan fingerprint density at radius 3 is 2.44 bits per heavy atom. The highest BCUT2D eigenvalue weighted by molar-refractivity contribution is 5.72. The van der Waals surface area contributed by atoms with Crippen molar-refractivity contribution in [1.29, 1.82) is 0 Å². The van der Waals surface area contributed by atoms with Gasteiger partial charge in [0.05, 0.1) is 6.10 Å². The number of rotatable bonds is 4. The number of aliphatic carboxylic acids is 1. The van der Waals surface area contributed by atoms with Crippen LogP contribution in [0.3, 0.4) is 0 Å². The van der Waals surface area contributed by atoms with Crippen LogP contribution in [0.1, 0.15) is 31.1 Å². The van der Waals surface area contributed by atoms with Crippen LogP contribution in [0.5, 0.6) is 5.75 Å². The fraction of sp³-hybridized carbons (Fsp3) is 0.417. The highest BCUT2D eigenvalue weighted by Gasteiger charge is 2.14. The van der Waals surface area contributed by atoms with E-state index in [4.69, 9.17) is 9.84 Å². The molecule has 0 aromatic heterocycles. The van der Waals surface area contributed by atoms with Crippen LogP contribution in [0, 0.1) is 6.92 Å². The van der Waals surface area contributed by atoms with Crippen molar-refractivity contribution >= 4 is 5.97 Å². The normalized spacial score (nSPS) is 14.2. The van der Waals surface area contributed by atoms with Gasteiger partial charge in [-0.15, -0.1) is 0 Å². The van der Waals surface area contributed by atoms with E-state index in [9.17, 15) is 9.90 Å². The predicted molar refractivity (Wildman–Crippen MR) is 59.5 cm³/mol. The van der Waals surface area contributed by atoms with Crippen molar-refractivity contribution in [1.82, 2.24) is 0 Å². The van der Waals surface area contributed by atoms with Crippen LogP contribution in [0.25, 0.3) is 0 Å². The Hall–Kier alpha value is -1.55. The minimum atomic E-state index is -1.00. The molecule has 0 bridgehead atoms. The maximum atomic E-state index is 10.6. The minimum Gasteiger partial charge on any atom is -0.479 e. The molecule has 1 aromatic carbocycles. The smallest absolute Gasteiger partial charge is 0.344 e. The summed E-state index contributed by atoms with van der Waals surface area (Å²) in [6.45, 7) is 4.97. The number of ether oxygens (including phenoxy) is 1. The molecule has 88 valence electrons. The lowest BCUT2D eigenvalue weighted by atomic mass is 10.1. The molecule has 0 spiro atoms. The van der Waals surface area contributed by atoms with Crippen molar-refractivity contribution in [3.63, 3.8) is 0 Å². The Morgan fingerprint density at radius 2 is 2.00 bits per heavy atom. The third-order valence-electron chi connectivity index (χ3n) is 2.33. The Morgan fingerprint density at radius 1 is 1.38 bits per heavy atom. The second-order valence-corrected chi connectivity index (χ2v) is 3.80. The summed E-state index contributed by atoms with van der Waals surface area (Å²) in [6, 6.07) is 5.19. The van der Waals surface area contributed by atoms with Crippen molar-refractivity contribution in [2.75, 3.05) is 0 Å². The third kappa shape index (κ3) is 2.97. The molecular weight excluding hydrogens is 208 g/mol. The average molecular weight is 224 g/mol. The molecule has 0 heterocycles. The first-order valence-electron chi connectivity index (χ1n) is 5.10. The van der Waals surface area contributed by atoms with E-state index in [0.29, 0.717) is 5.75 Å². The van der Waals surface area contributed by atoms with Gasteiger partial charge >= 0.3 is 5.97 Å². The fourth-order valence-corrected chi connectivity index (χ4v) is 1.31. The zero-order chi connectivity index (χ0) is 12.3. The van der Waals surface area contributed by atoms with Crippen LogP contribution in [0.4, 0.5) is 0 Å². The Kier molecular flexibility index (Phi) is 3.90. The zero-order valence-corrected chi connectivity index (χ0v) is 9.60. The summed E-state index contributed by atoms with van der Waals surface area (Å²) in [5, 5.41) is 18.1. The number of aliphatic hydroxyl groups excluding tert-OH is 1. The first-order chi connectivity index (χ1) is 7.41. The maximum absolute atomic E-state index is 10.6. The average Bonchev–Trinajstić information content (AvgIpc) is 2.20. The highest BCUT2D eigenvalue weighted by atomic mass is 16.5. The number of aliphatic hydroxyl groups is 1. The lowest BCUT2D eigenvalue weighted by Gasteiger charge is -2.14. The van der Waals surface area contributed by atoms with Crippen molar-refractivity contribution < 1.29 is 19.7 Å². The molecule has 16 heavy (non-hydrogen) atoms. The van der Waals surface area contributed by atoms with Crippen molar-refractivity contribution in [3.8, 4) is 5.75 Å². The summed E-state index contributed by atoms with van der Waals surface area (Å²) in [7, 11) is 0. The summed E-state index contributed by atoms with van der Waals surface area (Å²) < 4.78 is 5.26. The Labute approximate surface area is 94.5 Å². The molecule has 0 amide bonds. The first-order valence-corrected chi connectivity index (χ1v) is 5.10. The molecule has 4 nitrogen and oxygen atoms in total. The van der Waals surface area contributed by atoms with E-state index in [1.54, 1.807) is 25.1 Å². The van der Waals surface area contributed by atoms with E-state index in [-0.39, 0.29) is 0 Å². The van der Waals surface area contributed by atoms with Gasteiger partial charge < -0.3 is 14.9 Å². The van der Waals surface area contributed by atoms with Gasteiger partial charge in [0.1, 0.15) is 5.75 Å². The van der Waals surface area contributed by atoms with Crippen LogP contribution in [0.2, 0.25) is 0 Å². The van der Waals surface area contributed by atoms with Gasteiger partial charge in [-0.2, -0.15) is 0 Å². The fourth-order valence-electron chi connectivity index (χ4n) is 1.31. The van der Waals surface area contributed by atoms with Gasteiger partial charge in [0.2, 0.25) is 0 Å². The summed E-state index contributed by atoms with van der Waals surface area (Å²) in [5.74, 6) is -0.474. The summed E-state index contributed by atoms with van der Waals surface area (Å²) in [5.41, 5.74) is 1.60. The third-order valence-corrected chi connectivity index (χ3v) is 2.33. The van der Waals surface area contributed by atoms with E-state index in [0.717, 1.165) is 11.1 Å². The van der Waals surface area contributed by atoms with Crippen LogP contribution in [0.15, 0.2) is 18.2 Å². The second kappa shape index (κ2) is 4.99. The van der Waals surface area contributed by atoms with E-state index < -0.39 is 18.2 Å². The number of benzene rings is 1. The van der Waals surface area contributed by atoms with Gasteiger partial charge in [-0.1, -0.05) is 6.07 Å². The van der Waals surface area contributed by atoms with Crippen molar-refractivity contribution in [2.45, 2.75) is 33.0 Å². The largest absolute Gasteiger partial charge is 0.479 e. The highest BCUT2D eigenvalue weighted by Crippen LogP contribution is 2.23. The standard InChI is InChI=1S/C12H16O4/c1-7-6-10(8(2)13)4-5-11(7)16-9(3)12(14)15/h4-6,8-9,13H,1-3H3,(H,14,15)/t8-,9?/m0/s1. The monoisotopic (exact) mass is 224 g/mol. The second-order valence-electron chi connectivity index (χ2n) is 3.80. The molecule has 0 aliphatic heterocycles. The number of carbonyl (C=O) groups is 1. The lowest BCUT2D eigenvalue weighted by Crippen LogP contribution is -2.23. The molecule has 1 unspecified atom stereocenters. The maximum Gasteiger partial charge on any atom is 0.344 e. The number of aryl methyl sites for hydroxylation is 1. The topological polar surface area (TPSA) is 66.8 Å². The van der Waals surface area contributed by atoms with Crippen LogP contribution in [-0.4, -0.2) is 22.3 Å². The van der Waals surface area contributed by atoms with Crippen LogP contribution in [-0.2, 0) is 4.79 Å². The van der Waals surface area contributed by atoms with Gasteiger partial charge in [-0.05, 0) is 44.0 Å². The molecule has 2 atom stereocenters. The molecular formula is C12H16O4. The molecule has 2 N–H and O–H groups in total. The van der Waals surface area contributed by atoms with Crippen molar-refractivity contribution in [2.24, 2.45) is 0 Å². The van der Waals surface area contributed by atoms with Crippen LogP contribution >= 0.6 is 0 Å². The lowest BCUT2D eigenvalue weighted by molar-refractivity contribution is -0.144. The molecule has 1 aromatic rings. The molecule has 0 saturated heterocycles. The summed E-state index contributed by atoms with van der Waals surface area (Å²) in [6.07, 6.45) is -1.42. The number of hydrogen-bond acceptors (Lipinski definition) is 3. The Balaban J connectivity index is 2.87. The van der Waals surface area contributed by atoms with E-state index >= 15 is 0 Å². The quantitative estimate of drug-likeness (QED) is 0.819. The molecule has 0 fully saturated rings. The number of hydrogen-bond donors (Lipinski definition) is 2. The predicted octanol–water partition coefficient (Wildman–Crippen LogP) is 1.90. The number of carboxylic acids is 1. The van der Waals surface area contributed by atoms with Gasteiger partial charge in [0.25, 0.3) is 0 Å². The number of carboxylic acid groups (broad SMARTS) is 1. The molecule has 4 heteroatoms. The van der Waals surface area contributed by atoms with Crippen LogP contribution < -0.4 is 4.74 Å². The summed E-state index contributed by atoms with van der Waals surface area (Å²) >= 11 is 0. The molecule has 1 rings (SSSR count). The molecule has 0 aliphatic carbocycles. The van der Waals surface area contributed by atoms with Gasteiger partial charge in [0.15, 0.2) is 6.10 Å². The minimum absolute atomic E-state index is 0.527. The molecule has 0 saturated carbocycles. The molecule has 0 aliphatic rings. The summed E-state index contributed by atoms with van der Waals surface area (Å²) in [4.78, 5) is 10.6. The van der Waals surface area contributed by atoms with Gasteiger partial charge in [0, 0.05) is 0 Å². The first kappa shape index (κ1) is 12.5. The van der Waals surface area contributed by atoms with E-state index in [1.165, 1.54) is 6.92 Å². The Bertz CT molecular complexity index is 385. The van der Waals surface area contributed by atoms with E-state index in [2.05, 4.69) is 0 Å².